The molecule has 0 aromatic heterocycles. The van der Waals surface area contributed by atoms with Crippen LogP contribution >= 0.6 is 0 Å². The molecule has 0 aromatic carbocycles. The summed E-state index contributed by atoms with van der Waals surface area (Å²) in [5.41, 5.74) is 0. The van der Waals surface area contributed by atoms with Crippen LogP contribution in [0, 0.1) is 0 Å². The van der Waals surface area contributed by atoms with Gasteiger partial charge in [0.1, 0.15) is 0 Å². The average molecular weight is 341 g/mol. The fraction of sp³-hybridized carbons (Fsp3) is 1.00. The molecule has 136 valence electrons. The van der Waals surface area contributed by atoms with Crippen molar-refractivity contribution in [2.24, 2.45) is 0 Å². The lowest BCUT2D eigenvalue weighted by atomic mass is 10.00. The molecule has 2 atom stereocenters. The largest absolute Gasteiger partial charge is 0.414 e. The van der Waals surface area contributed by atoms with E-state index in [0.717, 1.165) is 12.1 Å². The quantitative estimate of drug-likeness (QED) is 0.669. The molecule has 2 aliphatic heterocycles. The Hall–Kier alpha value is 0.0969. The van der Waals surface area contributed by atoms with Crippen LogP contribution in [-0.4, -0.2) is 63.5 Å². The van der Waals surface area contributed by atoms with Gasteiger partial charge >= 0.3 is 0 Å². The third kappa shape index (κ3) is 5.04. The summed E-state index contributed by atoms with van der Waals surface area (Å²) in [5, 5.41) is 0.300. The van der Waals surface area contributed by atoms with E-state index in [2.05, 4.69) is 57.8 Å². The highest BCUT2D eigenvalue weighted by Gasteiger charge is 2.40. The van der Waals surface area contributed by atoms with E-state index in [0.29, 0.717) is 11.1 Å². The molecule has 0 unspecified atom stereocenters. The maximum atomic E-state index is 6.91. The van der Waals surface area contributed by atoms with Crippen LogP contribution in [0.2, 0.25) is 18.1 Å². The van der Waals surface area contributed by atoms with Crippen molar-refractivity contribution >= 4 is 8.32 Å². The van der Waals surface area contributed by atoms with E-state index in [9.17, 15) is 0 Å². The normalized spacial score (nSPS) is 28.2. The third-order valence-electron chi connectivity index (χ3n) is 6.68. The molecule has 23 heavy (non-hydrogen) atoms. The Balaban J connectivity index is 2.04. The van der Waals surface area contributed by atoms with Crippen LogP contribution in [0.25, 0.3) is 0 Å². The second kappa shape index (κ2) is 7.55. The number of hydrogen-bond donors (Lipinski definition) is 0. The summed E-state index contributed by atoms with van der Waals surface area (Å²) in [5.74, 6) is 0. The average Bonchev–Trinajstić information content (AvgIpc) is 2.98. The van der Waals surface area contributed by atoms with Gasteiger partial charge in [-0.15, -0.1) is 0 Å². The highest BCUT2D eigenvalue weighted by Crippen LogP contribution is 2.39. The Morgan fingerprint density at radius 1 is 0.957 bits per heavy atom. The number of likely N-dealkylation sites (tertiary alicyclic amines) is 2. The van der Waals surface area contributed by atoms with Crippen LogP contribution in [0.4, 0.5) is 0 Å². The molecule has 0 aliphatic carbocycles. The van der Waals surface area contributed by atoms with Crippen LogP contribution in [0.5, 0.6) is 0 Å². The topological polar surface area (TPSA) is 15.7 Å². The van der Waals surface area contributed by atoms with Crippen molar-refractivity contribution in [3.8, 4) is 0 Å². The van der Waals surface area contributed by atoms with Crippen molar-refractivity contribution < 1.29 is 4.43 Å². The first-order valence-corrected chi connectivity index (χ1v) is 12.6. The molecule has 4 heteroatoms. The second-order valence-electron chi connectivity index (χ2n) is 9.52. The molecule has 3 nitrogen and oxygen atoms in total. The van der Waals surface area contributed by atoms with Crippen molar-refractivity contribution in [1.82, 2.24) is 9.80 Å². The fourth-order valence-corrected chi connectivity index (χ4v) is 5.33. The van der Waals surface area contributed by atoms with Gasteiger partial charge in [0, 0.05) is 18.2 Å². The third-order valence-corrected chi connectivity index (χ3v) is 11.2. The van der Waals surface area contributed by atoms with Crippen LogP contribution < -0.4 is 0 Å². The minimum atomic E-state index is -1.69. The van der Waals surface area contributed by atoms with Crippen LogP contribution in [-0.2, 0) is 4.43 Å². The SMILES string of the molecule is CN1CCC[C@@H]1CC(C[C@H]1CCCN1C)O[Si](C)(C)C(C)(C)C. The van der Waals surface area contributed by atoms with Crippen molar-refractivity contribution in [3.05, 3.63) is 0 Å². The first kappa shape index (κ1) is 19.4. The molecular formula is C19H40N2OSi. The van der Waals surface area contributed by atoms with Crippen molar-refractivity contribution in [1.29, 1.82) is 0 Å². The molecule has 2 fully saturated rings. The lowest BCUT2D eigenvalue weighted by Gasteiger charge is -2.41. The van der Waals surface area contributed by atoms with Gasteiger partial charge in [-0.25, -0.2) is 0 Å². The van der Waals surface area contributed by atoms with Crippen LogP contribution in [0.3, 0.4) is 0 Å². The van der Waals surface area contributed by atoms with Crippen LogP contribution in [0.15, 0.2) is 0 Å². The molecular weight excluding hydrogens is 300 g/mol. The summed E-state index contributed by atoms with van der Waals surface area (Å²) in [7, 11) is 2.90. The Morgan fingerprint density at radius 2 is 1.39 bits per heavy atom. The summed E-state index contributed by atoms with van der Waals surface area (Å²) in [4.78, 5) is 5.11. The Bertz CT molecular complexity index is 358. The van der Waals surface area contributed by atoms with E-state index in [4.69, 9.17) is 4.43 Å². The van der Waals surface area contributed by atoms with Gasteiger partial charge in [0.2, 0.25) is 0 Å². The van der Waals surface area contributed by atoms with Crippen molar-refractivity contribution in [3.63, 3.8) is 0 Å². The van der Waals surface area contributed by atoms with E-state index in [1.165, 1.54) is 51.6 Å². The van der Waals surface area contributed by atoms with E-state index in [1.54, 1.807) is 0 Å². The molecule has 0 radical (unpaired) electrons. The second-order valence-corrected chi connectivity index (χ2v) is 14.3. The van der Waals surface area contributed by atoms with Gasteiger partial charge in [0.15, 0.2) is 8.32 Å². The molecule has 0 bridgehead atoms. The minimum Gasteiger partial charge on any atom is -0.414 e. The molecule has 0 aromatic rings. The fourth-order valence-electron chi connectivity index (χ4n) is 3.95. The van der Waals surface area contributed by atoms with E-state index in [1.807, 2.05) is 0 Å². The van der Waals surface area contributed by atoms with Gasteiger partial charge in [-0.2, -0.15) is 0 Å². The summed E-state index contributed by atoms with van der Waals surface area (Å²) in [6.07, 6.45) is 8.32. The minimum absolute atomic E-state index is 0.300. The van der Waals surface area contributed by atoms with Gasteiger partial charge < -0.3 is 14.2 Å². The first-order chi connectivity index (χ1) is 10.6. The highest BCUT2D eigenvalue weighted by atomic mass is 28.4. The summed E-state index contributed by atoms with van der Waals surface area (Å²) < 4.78 is 6.91. The molecule has 2 rings (SSSR count). The van der Waals surface area contributed by atoms with Crippen LogP contribution in [0.1, 0.15) is 59.3 Å². The van der Waals surface area contributed by atoms with E-state index < -0.39 is 8.32 Å². The summed E-state index contributed by atoms with van der Waals surface area (Å²) in [6.45, 7) is 14.4. The zero-order valence-electron chi connectivity index (χ0n) is 16.7. The van der Waals surface area contributed by atoms with Crippen molar-refractivity contribution in [2.75, 3.05) is 27.2 Å². The Labute approximate surface area is 145 Å². The van der Waals surface area contributed by atoms with Gasteiger partial charge in [-0.3, -0.25) is 0 Å². The molecule has 0 spiro atoms. The molecule has 0 saturated carbocycles. The van der Waals surface area contributed by atoms with Gasteiger partial charge in [-0.1, -0.05) is 20.8 Å². The standard InChI is InChI=1S/C19H40N2OSi/c1-19(2,3)23(6,7)22-18(14-16-10-8-12-20(16)4)15-17-11-9-13-21(17)5/h16-18H,8-15H2,1-7H3/t16-,17-/m1/s1. The lowest BCUT2D eigenvalue weighted by Crippen LogP contribution is -2.46. The van der Waals surface area contributed by atoms with Gasteiger partial charge in [0.05, 0.1) is 0 Å². The van der Waals surface area contributed by atoms with Gasteiger partial charge in [0.25, 0.3) is 0 Å². The Morgan fingerprint density at radius 3 is 1.70 bits per heavy atom. The number of nitrogens with zero attached hydrogens (tertiary/aromatic N) is 2. The number of hydrogen-bond acceptors (Lipinski definition) is 3. The molecule has 2 saturated heterocycles. The number of rotatable bonds is 6. The smallest absolute Gasteiger partial charge is 0.192 e. The predicted octanol–water partition coefficient (Wildman–Crippen LogP) is 4.35. The molecule has 2 heterocycles. The maximum Gasteiger partial charge on any atom is 0.192 e. The monoisotopic (exact) mass is 340 g/mol. The molecule has 0 amide bonds. The molecule has 0 N–H and O–H groups in total. The summed E-state index contributed by atoms with van der Waals surface area (Å²) in [6, 6.07) is 1.47. The van der Waals surface area contributed by atoms with Gasteiger partial charge in [-0.05, 0) is 83.8 Å². The maximum absolute atomic E-state index is 6.91. The predicted molar refractivity (Wildman–Crippen MR) is 103 cm³/mol. The lowest BCUT2D eigenvalue weighted by molar-refractivity contribution is 0.103. The van der Waals surface area contributed by atoms with Crippen molar-refractivity contribution in [2.45, 2.75) is 95.6 Å². The van der Waals surface area contributed by atoms with E-state index in [-0.39, 0.29) is 0 Å². The zero-order valence-corrected chi connectivity index (χ0v) is 17.7. The van der Waals surface area contributed by atoms with E-state index >= 15 is 0 Å². The Kier molecular flexibility index (Phi) is 6.37. The zero-order chi connectivity index (χ0) is 17.3. The summed E-state index contributed by atoms with van der Waals surface area (Å²) >= 11 is 0. The highest BCUT2D eigenvalue weighted by molar-refractivity contribution is 6.74. The molecule has 2 aliphatic rings. The first-order valence-electron chi connectivity index (χ1n) is 9.68.